The van der Waals surface area contributed by atoms with Crippen LogP contribution in [0.15, 0.2) is 53.6 Å². The Kier molecular flexibility index (Phi) is 5.38. The lowest BCUT2D eigenvalue weighted by Gasteiger charge is -2.21. The second-order valence-electron chi connectivity index (χ2n) is 6.03. The number of esters is 1. The second-order valence-corrected chi connectivity index (χ2v) is 6.47. The summed E-state index contributed by atoms with van der Waals surface area (Å²) in [5.41, 5.74) is 2.64. The molecule has 2 aromatic carbocycles. The molecule has 134 valence electrons. The summed E-state index contributed by atoms with van der Waals surface area (Å²) in [6, 6.07) is 13.6. The molecular formula is C20H19ClN2O3. The maximum Gasteiger partial charge on any atom is 0.331 e. The highest BCUT2D eigenvalue weighted by atomic mass is 35.5. The van der Waals surface area contributed by atoms with Gasteiger partial charge in [-0.3, -0.25) is 9.80 Å². The predicted molar refractivity (Wildman–Crippen MR) is 102 cm³/mol. The zero-order valence-electron chi connectivity index (χ0n) is 14.6. The van der Waals surface area contributed by atoms with E-state index in [1.54, 1.807) is 43.3 Å². The molecule has 1 atom stereocenters. The minimum Gasteiger partial charge on any atom is -0.464 e. The van der Waals surface area contributed by atoms with Crippen LogP contribution in [0.5, 0.6) is 0 Å². The first kappa shape index (κ1) is 18.1. The summed E-state index contributed by atoms with van der Waals surface area (Å²) in [6.07, 6.45) is 0.203. The van der Waals surface area contributed by atoms with Crippen LogP contribution in [0.4, 0.5) is 5.69 Å². The average molecular weight is 371 g/mol. The van der Waals surface area contributed by atoms with E-state index in [0.717, 1.165) is 5.56 Å². The monoisotopic (exact) mass is 370 g/mol. The number of nitrogens with zero attached hydrogens (tertiary/aromatic N) is 2. The van der Waals surface area contributed by atoms with Crippen molar-refractivity contribution in [1.82, 2.24) is 0 Å². The Bertz CT molecular complexity index is 844. The van der Waals surface area contributed by atoms with Crippen LogP contribution in [0.1, 0.15) is 29.3 Å². The third-order valence-corrected chi connectivity index (χ3v) is 4.39. The lowest BCUT2D eigenvalue weighted by atomic mass is 10.0. The number of ether oxygens (including phenoxy) is 1. The molecule has 1 aliphatic heterocycles. The molecule has 0 fully saturated rings. The molecule has 3 rings (SSSR count). The van der Waals surface area contributed by atoms with E-state index in [1.165, 1.54) is 5.01 Å². The zero-order valence-corrected chi connectivity index (χ0v) is 15.4. The topological polar surface area (TPSA) is 59.0 Å². The SMILES string of the molecule is CCOC(=O)C1CC(C(=O)c2ccc(C)cc2)=NN1c1ccc(Cl)cc1. The van der Waals surface area contributed by atoms with Crippen LogP contribution in [0, 0.1) is 6.92 Å². The van der Waals surface area contributed by atoms with E-state index in [2.05, 4.69) is 5.10 Å². The van der Waals surface area contributed by atoms with Crippen molar-refractivity contribution in [2.45, 2.75) is 26.3 Å². The minimum absolute atomic E-state index is 0.184. The molecule has 0 amide bonds. The molecule has 0 radical (unpaired) electrons. The number of benzene rings is 2. The Morgan fingerprint density at radius 3 is 2.42 bits per heavy atom. The Hall–Kier alpha value is -2.66. The molecular weight excluding hydrogens is 352 g/mol. The van der Waals surface area contributed by atoms with Gasteiger partial charge in [-0.25, -0.2) is 4.79 Å². The van der Waals surface area contributed by atoms with Crippen LogP contribution in [0.2, 0.25) is 5.02 Å². The number of halogens is 1. The standard InChI is InChI=1S/C20H19ClN2O3/c1-3-26-20(25)18-12-17(19(24)14-6-4-13(2)5-7-14)22-23(18)16-10-8-15(21)9-11-16/h4-11,18H,3,12H2,1-2H3. The lowest BCUT2D eigenvalue weighted by molar-refractivity contribution is -0.144. The second kappa shape index (κ2) is 7.70. The van der Waals surface area contributed by atoms with Crippen molar-refractivity contribution in [1.29, 1.82) is 0 Å². The molecule has 1 heterocycles. The maximum atomic E-state index is 12.8. The van der Waals surface area contributed by atoms with Gasteiger partial charge in [-0.05, 0) is 38.1 Å². The third kappa shape index (κ3) is 3.78. The quantitative estimate of drug-likeness (QED) is 0.589. The summed E-state index contributed by atoms with van der Waals surface area (Å²) in [5.74, 6) is -0.589. The molecule has 0 spiro atoms. The highest BCUT2D eigenvalue weighted by Gasteiger charge is 2.37. The average Bonchev–Trinajstić information content (AvgIpc) is 3.08. The fourth-order valence-corrected chi connectivity index (χ4v) is 2.90. The molecule has 0 N–H and O–H groups in total. The zero-order chi connectivity index (χ0) is 18.7. The first-order valence-electron chi connectivity index (χ1n) is 8.40. The molecule has 1 aliphatic rings. The van der Waals surface area contributed by atoms with Gasteiger partial charge >= 0.3 is 5.97 Å². The summed E-state index contributed by atoms with van der Waals surface area (Å²) in [6.45, 7) is 3.98. The van der Waals surface area contributed by atoms with Gasteiger partial charge in [-0.15, -0.1) is 0 Å². The first-order chi connectivity index (χ1) is 12.5. The molecule has 0 saturated carbocycles. The molecule has 0 bridgehead atoms. The van der Waals surface area contributed by atoms with Gasteiger partial charge in [0.2, 0.25) is 5.78 Å². The van der Waals surface area contributed by atoms with Gasteiger partial charge in [-0.2, -0.15) is 5.10 Å². The van der Waals surface area contributed by atoms with Crippen LogP contribution < -0.4 is 5.01 Å². The Morgan fingerprint density at radius 1 is 1.15 bits per heavy atom. The molecule has 5 nitrogen and oxygen atoms in total. The van der Waals surface area contributed by atoms with E-state index in [1.807, 2.05) is 19.1 Å². The van der Waals surface area contributed by atoms with Gasteiger partial charge in [0.15, 0.2) is 6.04 Å². The highest BCUT2D eigenvalue weighted by molar-refractivity contribution is 6.47. The fourth-order valence-electron chi connectivity index (χ4n) is 2.77. The summed E-state index contributed by atoms with van der Waals surface area (Å²) < 4.78 is 5.16. The Labute approximate surface area is 157 Å². The van der Waals surface area contributed by atoms with E-state index in [-0.39, 0.29) is 18.8 Å². The largest absolute Gasteiger partial charge is 0.464 e. The van der Waals surface area contributed by atoms with Crippen molar-refractivity contribution < 1.29 is 14.3 Å². The normalized spacial score (nSPS) is 16.3. The van der Waals surface area contributed by atoms with Crippen LogP contribution in [-0.4, -0.2) is 30.1 Å². The number of hydrogen-bond donors (Lipinski definition) is 0. The van der Waals surface area contributed by atoms with E-state index >= 15 is 0 Å². The summed E-state index contributed by atoms with van der Waals surface area (Å²) in [4.78, 5) is 25.2. The Morgan fingerprint density at radius 2 is 1.81 bits per heavy atom. The molecule has 6 heteroatoms. The van der Waals surface area contributed by atoms with Crippen molar-refractivity contribution in [3.05, 3.63) is 64.7 Å². The fraction of sp³-hybridized carbons (Fsp3) is 0.250. The first-order valence-corrected chi connectivity index (χ1v) is 8.77. The smallest absolute Gasteiger partial charge is 0.331 e. The van der Waals surface area contributed by atoms with Gasteiger partial charge in [0, 0.05) is 17.0 Å². The number of carbonyl (C=O) groups excluding carboxylic acids is 2. The molecule has 0 aromatic heterocycles. The van der Waals surface area contributed by atoms with E-state index in [9.17, 15) is 9.59 Å². The number of anilines is 1. The van der Waals surface area contributed by atoms with Crippen molar-refractivity contribution in [2.24, 2.45) is 5.10 Å². The highest BCUT2D eigenvalue weighted by Crippen LogP contribution is 2.28. The van der Waals surface area contributed by atoms with Gasteiger partial charge in [-0.1, -0.05) is 41.4 Å². The van der Waals surface area contributed by atoms with E-state index in [4.69, 9.17) is 16.3 Å². The van der Waals surface area contributed by atoms with E-state index in [0.29, 0.717) is 22.0 Å². The molecule has 2 aromatic rings. The van der Waals surface area contributed by atoms with Gasteiger partial charge in [0.1, 0.15) is 5.71 Å². The van der Waals surface area contributed by atoms with Crippen LogP contribution >= 0.6 is 11.6 Å². The van der Waals surface area contributed by atoms with Crippen molar-refractivity contribution in [2.75, 3.05) is 11.6 Å². The van der Waals surface area contributed by atoms with Gasteiger partial charge in [0.05, 0.1) is 12.3 Å². The minimum atomic E-state index is -0.666. The van der Waals surface area contributed by atoms with Crippen LogP contribution in [-0.2, 0) is 9.53 Å². The molecule has 26 heavy (non-hydrogen) atoms. The van der Waals surface area contributed by atoms with Crippen molar-refractivity contribution in [3.63, 3.8) is 0 Å². The number of rotatable bonds is 5. The number of aryl methyl sites for hydroxylation is 1. The third-order valence-electron chi connectivity index (χ3n) is 4.14. The maximum absolute atomic E-state index is 12.8. The predicted octanol–water partition coefficient (Wildman–Crippen LogP) is 4.03. The molecule has 0 aliphatic carbocycles. The number of hydrogen-bond acceptors (Lipinski definition) is 5. The number of hydrazone groups is 1. The summed E-state index contributed by atoms with van der Waals surface area (Å²) in [7, 11) is 0. The molecule has 0 saturated heterocycles. The van der Waals surface area contributed by atoms with Crippen LogP contribution in [0.25, 0.3) is 0 Å². The Balaban J connectivity index is 1.92. The van der Waals surface area contributed by atoms with E-state index < -0.39 is 12.0 Å². The lowest BCUT2D eigenvalue weighted by Crippen LogP contribution is -2.36. The number of carbonyl (C=O) groups is 2. The molecule has 1 unspecified atom stereocenters. The van der Waals surface area contributed by atoms with Gasteiger partial charge in [0.25, 0.3) is 0 Å². The van der Waals surface area contributed by atoms with Gasteiger partial charge < -0.3 is 4.74 Å². The van der Waals surface area contributed by atoms with Crippen LogP contribution in [0.3, 0.4) is 0 Å². The summed E-state index contributed by atoms with van der Waals surface area (Å²) in [5, 5.41) is 6.55. The number of Topliss-reactive ketones (excluding diaryl/α,β-unsaturated/α-hetero) is 1. The summed E-state index contributed by atoms with van der Waals surface area (Å²) >= 11 is 5.94. The number of ketones is 1. The van der Waals surface area contributed by atoms with Crippen molar-refractivity contribution in [3.8, 4) is 0 Å². The van der Waals surface area contributed by atoms with Crippen molar-refractivity contribution >= 4 is 34.8 Å².